The van der Waals surface area contributed by atoms with Crippen LogP contribution in [0.3, 0.4) is 0 Å². The van der Waals surface area contributed by atoms with Gasteiger partial charge in [-0.2, -0.15) is 0 Å². The van der Waals surface area contributed by atoms with Crippen LogP contribution in [0.5, 0.6) is 0 Å². The lowest BCUT2D eigenvalue weighted by molar-refractivity contribution is 0.226. The van der Waals surface area contributed by atoms with Crippen LogP contribution in [-0.2, 0) is 0 Å². The molecule has 0 saturated heterocycles. The van der Waals surface area contributed by atoms with Crippen molar-refractivity contribution in [2.24, 2.45) is 11.7 Å². The molecule has 2 nitrogen and oxygen atoms in total. The maximum Gasteiger partial charge on any atom is 0.0307 e. The molecule has 0 fully saturated rings. The largest absolute Gasteiger partial charge is 0.324 e. The maximum absolute atomic E-state index is 6.40. The first-order valence-electron chi connectivity index (χ1n) is 8.56. The van der Waals surface area contributed by atoms with Gasteiger partial charge in [-0.25, -0.2) is 0 Å². The van der Waals surface area contributed by atoms with E-state index in [1.807, 2.05) is 0 Å². The van der Waals surface area contributed by atoms with E-state index in [1.165, 1.54) is 36.1 Å². The first-order valence-corrected chi connectivity index (χ1v) is 8.56. The third kappa shape index (κ3) is 6.19. The van der Waals surface area contributed by atoms with Gasteiger partial charge in [0.25, 0.3) is 0 Å². The molecule has 0 aliphatic carbocycles. The number of hydrogen-bond acceptors (Lipinski definition) is 2. The zero-order valence-corrected chi connectivity index (χ0v) is 14.7. The van der Waals surface area contributed by atoms with Crippen LogP contribution in [0.4, 0.5) is 0 Å². The van der Waals surface area contributed by atoms with Crippen LogP contribution in [0.1, 0.15) is 62.8 Å². The summed E-state index contributed by atoms with van der Waals surface area (Å²) in [5.74, 6) is 0.822. The number of hydrogen-bond donors (Lipinski definition) is 1. The Labute approximate surface area is 131 Å². The highest BCUT2D eigenvalue weighted by Crippen LogP contribution is 2.19. The standard InChI is InChI=1S/C19H34N2/c1-6-17(7-2)14-21(8-3)10-9-19(20)18-12-15(4)11-16(5)13-18/h11-13,17,19H,6-10,14,20H2,1-5H3. The molecule has 1 aromatic rings. The molecule has 1 aromatic carbocycles. The summed E-state index contributed by atoms with van der Waals surface area (Å²) in [6.45, 7) is 14.6. The molecule has 0 radical (unpaired) electrons. The Balaban J connectivity index is 2.55. The number of nitrogens with zero attached hydrogens (tertiary/aromatic N) is 1. The summed E-state index contributed by atoms with van der Waals surface area (Å²) in [4.78, 5) is 2.56. The zero-order chi connectivity index (χ0) is 15.8. The van der Waals surface area contributed by atoms with E-state index >= 15 is 0 Å². The van der Waals surface area contributed by atoms with E-state index in [2.05, 4.69) is 57.7 Å². The van der Waals surface area contributed by atoms with Gasteiger partial charge in [-0.05, 0) is 44.8 Å². The fraction of sp³-hybridized carbons (Fsp3) is 0.684. The third-order valence-corrected chi connectivity index (χ3v) is 4.55. The van der Waals surface area contributed by atoms with Crippen LogP contribution in [0, 0.1) is 19.8 Å². The van der Waals surface area contributed by atoms with E-state index in [-0.39, 0.29) is 6.04 Å². The highest BCUT2D eigenvalue weighted by atomic mass is 15.1. The van der Waals surface area contributed by atoms with E-state index in [9.17, 15) is 0 Å². The van der Waals surface area contributed by atoms with Gasteiger partial charge in [0.1, 0.15) is 0 Å². The number of rotatable bonds is 9. The van der Waals surface area contributed by atoms with Crippen LogP contribution < -0.4 is 5.73 Å². The lowest BCUT2D eigenvalue weighted by Crippen LogP contribution is -2.31. The highest BCUT2D eigenvalue weighted by Gasteiger charge is 2.13. The number of nitrogens with two attached hydrogens (primary N) is 1. The summed E-state index contributed by atoms with van der Waals surface area (Å²) in [5.41, 5.74) is 10.3. The third-order valence-electron chi connectivity index (χ3n) is 4.55. The van der Waals surface area contributed by atoms with Gasteiger partial charge in [0.2, 0.25) is 0 Å². The predicted molar refractivity (Wildman–Crippen MR) is 93.6 cm³/mol. The fourth-order valence-corrected chi connectivity index (χ4v) is 3.00. The Kier molecular flexibility index (Phi) is 7.98. The Morgan fingerprint density at radius 3 is 2.05 bits per heavy atom. The van der Waals surface area contributed by atoms with Crippen molar-refractivity contribution in [3.05, 3.63) is 34.9 Å². The molecule has 2 N–H and O–H groups in total. The monoisotopic (exact) mass is 290 g/mol. The van der Waals surface area contributed by atoms with Crippen LogP contribution in [0.2, 0.25) is 0 Å². The summed E-state index contributed by atoms with van der Waals surface area (Å²) in [7, 11) is 0. The molecular weight excluding hydrogens is 256 g/mol. The summed E-state index contributed by atoms with van der Waals surface area (Å²) in [6.07, 6.45) is 3.59. The van der Waals surface area contributed by atoms with Crippen molar-refractivity contribution < 1.29 is 0 Å². The number of aryl methyl sites for hydroxylation is 2. The molecule has 2 heteroatoms. The van der Waals surface area contributed by atoms with Crippen molar-refractivity contribution in [2.45, 2.75) is 59.9 Å². The van der Waals surface area contributed by atoms with Crippen molar-refractivity contribution in [1.29, 1.82) is 0 Å². The lowest BCUT2D eigenvalue weighted by Gasteiger charge is -2.26. The Morgan fingerprint density at radius 2 is 1.57 bits per heavy atom. The van der Waals surface area contributed by atoms with Crippen molar-refractivity contribution in [2.75, 3.05) is 19.6 Å². The highest BCUT2D eigenvalue weighted by molar-refractivity contribution is 5.30. The topological polar surface area (TPSA) is 29.3 Å². The predicted octanol–water partition coefficient (Wildman–Crippen LogP) is 4.45. The van der Waals surface area contributed by atoms with Crippen molar-refractivity contribution in [3.63, 3.8) is 0 Å². The molecule has 0 aromatic heterocycles. The molecule has 0 amide bonds. The molecule has 120 valence electrons. The van der Waals surface area contributed by atoms with Crippen LogP contribution >= 0.6 is 0 Å². The van der Waals surface area contributed by atoms with Crippen molar-refractivity contribution in [1.82, 2.24) is 4.90 Å². The van der Waals surface area contributed by atoms with Crippen molar-refractivity contribution in [3.8, 4) is 0 Å². The average Bonchev–Trinajstić information content (AvgIpc) is 2.46. The van der Waals surface area contributed by atoms with E-state index in [4.69, 9.17) is 5.73 Å². The lowest BCUT2D eigenvalue weighted by atomic mass is 9.99. The van der Waals surface area contributed by atoms with Gasteiger partial charge >= 0.3 is 0 Å². The van der Waals surface area contributed by atoms with Gasteiger partial charge in [0.05, 0.1) is 0 Å². The molecule has 0 aliphatic heterocycles. The molecule has 1 atom stereocenters. The van der Waals surface area contributed by atoms with Crippen LogP contribution in [0.25, 0.3) is 0 Å². The van der Waals surface area contributed by atoms with Gasteiger partial charge in [0, 0.05) is 12.6 Å². The van der Waals surface area contributed by atoms with Gasteiger partial charge < -0.3 is 10.6 Å². The van der Waals surface area contributed by atoms with E-state index < -0.39 is 0 Å². The van der Waals surface area contributed by atoms with E-state index in [1.54, 1.807) is 0 Å². The summed E-state index contributed by atoms with van der Waals surface area (Å²) < 4.78 is 0. The molecule has 1 rings (SSSR count). The van der Waals surface area contributed by atoms with Crippen LogP contribution in [-0.4, -0.2) is 24.5 Å². The van der Waals surface area contributed by atoms with Gasteiger partial charge in [0.15, 0.2) is 0 Å². The van der Waals surface area contributed by atoms with Gasteiger partial charge in [-0.1, -0.05) is 62.9 Å². The second kappa shape index (κ2) is 9.22. The Morgan fingerprint density at radius 1 is 1.00 bits per heavy atom. The van der Waals surface area contributed by atoms with Gasteiger partial charge in [-0.15, -0.1) is 0 Å². The maximum atomic E-state index is 6.40. The Bertz CT molecular complexity index is 390. The summed E-state index contributed by atoms with van der Waals surface area (Å²) in [6, 6.07) is 6.82. The molecule has 21 heavy (non-hydrogen) atoms. The second-order valence-electron chi connectivity index (χ2n) is 6.39. The Hall–Kier alpha value is -0.860. The quantitative estimate of drug-likeness (QED) is 0.728. The van der Waals surface area contributed by atoms with Gasteiger partial charge in [-0.3, -0.25) is 0 Å². The second-order valence-corrected chi connectivity index (χ2v) is 6.39. The minimum Gasteiger partial charge on any atom is -0.324 e. The number of benzene rings is 1. The first kappa shape index (κ1) is 18.2. The molecule has 0 aliphatic rings. The first-order chi connectivity index (χ1) is 9.99. The minimum atomic E-state index is 0.152. The molecule has 0 heterocycles. The fourth-order valence-electron chi connectivity index (χ4n) is 3.00. The molecule has 0 saturated carbocycles. The van der Waals surface area contributed by atoms with Crippen molar-refractivity contribution >= 4 is 0 Å². The smallest absolute Gasteiger partial charge is 0.0307 e. The van der Waals surface area contributed by atoms with E-state index in [0.717, 1.165) is 25.4 Å². The average molecular weight is 290 g/mol. The molecular formula is C19H34N2. The molecule has 1 unspecified atom stereocenters. The SMILES string of the molecule is CCC(CC)CN(CC)CCC(N)c1cc(C)cc(C)c1. The van der Waals surface area contributed by atoms with E-state index in [0.29, 0.717) is 0 Å². The molecule has 0 bridgehead atoms. The minimum absolute atomic E-state index is 0.152. The molecule has 0 spiro atoms. The zero-order valence-electron chi connectivity index (χ0n) is 14.7. The normalized spacial score (nSPS) is 13.1. The van der Waals surface area contributed by atoms with Crippen LogP contribution in [0.15, 0.2) is 18.2 Å². The summed E-state index contributed by atoms with van der Waals surface area (Å²) >= 11 is 0. The summed E-state index contributed by atoms with van der Waals surface area (Å²) in [5, 5.41) is 0.